The van der Waals surface area contributed by atoms with Crippen LogP contribution in [0.25, 0.3) is 0 Å². The highest BCUT2D eigenvalue weighted by Gasteiger charge is 2.49. The van der Waals surface area contributed by atoms with Gasteiger partial charge in [-0.15, -0.1) is 0 Å². The van der Waals surface area contributed by atoms with Crippen LogP contribution in [0.15, 0.2) is 59.5 Å². The van der Waals surface area contributed by atoms with Crippen LogP contribution in [-0.2, 0) is 0 Å². The number of aromatic hydroxyl groups is 1. The third kappa shape index (κ3) is 3.07. The number of carbonyl (C=O) groups is 1. The molecule has 2 aliphatic heterocycles. The molecule has 9 heteroatoms. The maximum absolute atomic E-state index is 14.5. The number of rotatable bonds is 2. The van der Waals surface area contributed by atoms with Crippen LogP contribution < -0.4 is 15.2 Å². The molecule has 7 nitrogen and oxygen atoms in total. The summed E-state index contributed by atoms with van der Waals surface area (Å²) in [5.41, 5.74) is 0.333. The Morgan fingerprint density at radius 3 is 2.44 bits per heavy atom. The van der Waals surface area contributed by atoms with Gasteiger partial charge in [0.05, 0.1) is 6.61 Å². The van der Waals surface area contributed by atoms with E-state index in [0.29, 0.717) is 12.0 Å². The Bertz CT molecular complexity index is 1360. The smallest absolute Gasteiger partial charge is 0.278 e. The molecule has 174 valence electrons. The summed E-state index contributed by atoms with van der Waals surface area (Å²) in [7, 11) is 0. The summed E-state index contributed by atoms with van der Waals surface area (Å²) in [5, 5.41) is 12.5. The zero-order valence-electron chi connectivity index (χ0n) is 18.0. The number of carbonyl (C=O) groups excluding carboxylic acids is 1. The van der Waals surface area contributed by atoms with Crippen LogP contribution in [-0.4, -0.2) is 39.4 Å². The lowest BCUT2D eigenvalue weighted by Crippen LogP contribution is -2.63. The largest absolute Gasteiger partial charge is 0.502 e. The standard InChI is InChI=1S/C25H21F2N3O4/c26-17-12-16-20(13-18(17)27)34-11-9-21-29(15-6-7-15)25(33)23-24(32)19(31)8-10-28(23)30(21)22(16)14-4-2-1-3-5-14/h1-5,8,10,12-13,15,21-22,32H,6-7,9,11H2/t21-,22+/m0/s1. The number of hydrogen-bond donors (Lipinski definition) is 1. The topological polar surface area (TPSA) is 75.0 Å². The van der Waals surface area contributed by atoms with Gasteiger partial charge in [0.15, 0.2) is 23.1 Å². The van der Waals surface area contributed by atoms with E-state index in [1.807, 2.05) is 35.3 Å². The lowest BCUT2D eigenvalue weighted by molar-refractivity contribution is 0.0474. The second-order valence-corrected chi connectivity index (χ2v) is 8.78. The molecule has 1 aromatic heterocycles. The van der Waals surface area contributed by atoms with Crippen molar-refractivity contribution in [1.82, 2.24) is 9.58 Å². The van der Waals surface area contributed by atoms with Crippen LogP contribution in [0.3, 0.4) is 0 Å². The summed E-state index contributed by atoms with van der Waals surface area (Å²) < 4.78 is 36.1. The lowest BCUT2D eigenvalue weighted by Gasteiger charge is -2.51. The maximum Gasteiger partial charge on any atom is 0.278 e. The van der Waals surface area contributed by atoms with Gasteiger partial charge in [0.1, 0.15) is 18.0 Å². The molecule has 1 saturated carbocycles. The third-order valence-corrected chi connectivity index (χ3v) is 6.67. The molecule has 3 heterocycles. The van der Waals surface area contributed by atoms with Crippen LogP contribution in [0.2, 0.25) is 0 Å². The van der Waals surface area contributed by atoms with Crippen molar-refractivity contribution in [2.75, 3.05) is 11.6 Å². The first-order chi connectivity index (χ1) is 16.5. The third-order valence-electron chi connectivity index (χ3n) is 6.67. The maximum atomic E-state index is 14.5. The number of ether oxygens (including phenoxy) is 1. The Hall–Kier alpha value is -3.88. The molecule has 0 bridgehead atoms. The highest BCUT2D eigenvalue weighted by atomic mass is 19.2. The van der Waals surface area contributed by atoms with Crippen LogP contribution >= 0.6 is 0 Å². The lowest BCUT2D eigenvalue weighted by atomic mass is 9.94. The summed E-state index contributed by atoms with van der Waals surface area (Å²) in [6.07, 6.45) is 2.95. The number of amides is 1. The molecule has 1 aliphatic carbocycles. The van der Waals surface area contributed by atoms with E-state index in [0.717, 1.165) is 30.5 Å². The molecule has 0 radical (unpaired) electrons. The van der Waals surface area contributed by atoms with Gasteiger partial charge in [-0.1, -0.05) is 30.3 Å². The van der Waals surface area contributed by atoms with E-state index in [-0.39, 0.29) is 24.1 Å². The van der Waals surface area contributed by atoms with Gasteiger partial charge in [0, 0.05) is 36.4 Å². The van der Waals surface area contributed by atoms with Crippen molar-refractivity contribution >= 4 is 5.91 Å². The number of fused-ring (bicyclic) bond motifs is 4. The van der Waals surface area contributed by atoms with Gasteiger partial charge in [-0.25, -0.2) is 8.78 Å². The first-order valence-electron chi connectivity index (χ1n) is 11.2. The van der Waals surface area contributed by atoms with E-state index >= 15 is 0 Å². The molecule has 0 spiro atoms. The van der Waals surface area contributed by atoms with Gasteiger partial charge in [-0.2, -0.15) is 0 Å². The van der Waals surface area contributed by atoms with E-state index < -0.39 is 40.9 Å². The summed E-state index contributed by atoms with van der Waals surface area (Å²) >= 11 is 0. The van der Waals surface area contributed by atoms with Crippen LogP contribution in [0, 0.1) is 11.6 Å². The van der Waals surface area contributed by atoms with Crippen molar-refractivity contribution < 1.29 is 23.4 Å². The van der Waals surface area contributed by atoms with Crippen LogP contribution in [0.5, 0.6) is 11.5 Å². The monoisotopic (exact) mass is 465 g/mol. The van der Waals surface area contributed by atoms with E-state index in [1.54, 1.807) is 4.90 Å². The molecule has 0 saturated heterocycles. The minimum Gasteiger partial charge on any atom is -0.502 e. The zero-order valence-corrected chi connectivity index (χ0v) is 18.0. The number of hydrogen-bond acceptors (Lipinski definition) is 5. The van der Waals surface area contributed by atoms with E-state index in [9.17, 15) is 23.5 Å². The first-order valence-corrected chi connectivity index (χ1v) is 11.2. The Kier molecular flexibility index (Phi) is 4.62. The second kappa shape index (κ2) is 7.58. The molecule has 6 rings (SSSR count). The molecule has 2 atom stereocenters. The molecule has 1 N–H and O–H groups in total. The fraction of sp³-hybridized carbons (Fsp3) is 0.280. The minimum absolute atomic E-state index is 0.0382. The number of pyridine rings is 1. The first kappa shape index (κ1) is 20.7. The average Bonchev–Trinajstić information content (AvgIpc) is 3.65. The summed E-state index contributed by atoms with van der Waals surface area (Å²) in [5.74, 6) is -2.90. The Morgan fingerprint density at radius 1 is 0.971 bits per heavy atom. The fourth-order valence-corrected chi connectivity index (χ4v) is 5.03. The van der Waals surface area contributed by atoms with Crippen molar-refractivity contribution in [1.29, 1.82) is 0 Å². The van der Waals surface area contributed by atoms with E-state index in [4.69, 9.17) is 4.74 Å². The molecule has 2 aromatic carbocycles. The predicted molar refractivity (Wildman–Crippen MR) is 118 cm³/mol. The van der Waals surface area contributed by atoms with Crippen molar-refractivity contribution in [3.05, 3.63) is 93.4 Å². The molecule has 3 aliphatic rings. The normalized spacial score (nSPS) is 21.6. The Labute approximate surface area is 193 Å². The highest BCUT2D eigenvalue weighted by molar-refractivity contribution is 5.97. The van der Waals surface area contributed by atoms with Gasteiger partial charge in [-0.3, -0.25) is 19.3 Å². The van der Waals surface area contributed by atoms with Crippen molar-refractivity contribution in [2.24, 2.45) is 0 Å². The van der Waals surface area contributed by atoms with Crippen LogP contribution in [0.1, 0.15) is 46.9 Å². The van der Waals surface area contributed by atoms with Gasteiger partial charge in [-0.05, 0) is 24.5 Å². The quantitative estimate of drug-likeness (QED) is 0.629. The molecule has 1 amide bonds. The molecular formula is C25H21F2N3O4. The average molecular weight is 465 g/mol. The summed E-state index contributed by atoms with van der Waals surface area (Å²) in [4.78, 5) is 27.5. The SMILES string of the molecule is O=C1c2c(O)c(=O)ccn2N2[C@H](c3ccccc3)c3cc(F)c(F)cc3OCC[C@H]2N1C1CC1. The summed E-state index contributed by atoms with van der Waals surface area (Å²) in [6.45, 7) is 0.165. The van der Waals surface area contributed by atoms with Gasteiger partial charge in [0.25, 0.3) is 5.91 Å². The van der Waals surface area contributed by atoms with E-state index in [2.05, 4.69) is 0 Å². The molecule has 3 aromatic rings. The van der Waals surface area contributed by atoms with Gasteiger partial charge < -0.3 is 14.7 Å². The number of aromatic nitrogens is 1. The number of benzene rings is 2. The van der Waals surface area contributed by atoms with E-state index in [1.165, 1.54) is 16.9 Å². The Morgan fingerprint density at radius 2 is 1.71 bits per heavy atom. The highest BCUT2D eigenvalue weighted by Crippen LogP contribution is 2.44. The van der Waals surface area contributed by atoms with Crippen molar-refractivity contribution in [3.63, 3.8) is 0 Å². The van der Waals surface area contributed by atoms with Gasteiger partial charge in [0.2, 0.25) is 5.43 Å². The zero-order chi connectivity index (χ0) is 23.6. The van der Waals surface area contributed by atoms with Crippen LogP contribution in [0.4, 0.5) is 8.78 Å². The Balaban J connectivity index is 1.67. The minimum atomic E-state index is -1.02. The molecule has 34 heavy (non-hydrogen) atoms. The predicted octanol–water partition coefficient (Wildman–Crippen LogP) is 3.29. The molecule has 0 unspecified atom stereocenters. The second-order valence-electron chi connectivity index (χ2n) is 8.78. The number of nitrogens with zero attached hydrogens (tertiary/aromatic N) is 3. The van der Waals surface area contributed by atoms with Gasteiger partial charge >= 0.3 is 0 Å². The molecular weight excluding hydrogens is 444 g/mol. The fourth-order valence-electron chi connectivity index (χ4n) is 5.03. The van der Waals surface area contributed by atoms with Crippen molar-refractivity contribution in [2.45, 2.75) is 37.5 Å². The number of halogens is 2. The van der Waals surface area contributed by atoms with Crippen molar-refractivity contribution in [3.8, 4) is 11.5 Å². The summed E-state index contributed by atoms with van der Waals surface area (Å²) in [6, 6.07) is 11.8. The molecule has 1 fully saturated rings.